The maximum atomic E-state index is 11.0. The van der Waals surface area contributed by atoms with Crippen LogP contribution in [0.1, 0.15) is 5.76 Å². The molecule has 8 heteroatoms. The lowest BCUT2D eigenvalue weighted by Crippen LogP contribution is -2.17. The molecule has 0 atom stereocenters. The van der Waals surface area contributed by atoms with Gasteiger partial charge in [-0.1, -0.05) is 0 Å². The number of carbonyl (C=O) groups excluding carboxylic acids is 1. The van der Waals surface area contributed by atoms with E-state index in [0.29, 0.717) is 18.9 Å². The monoisotopic (exact) mass is 251 g/mol. The minimum absolute atomic E-state index is 0.324. The van der Waals surface area contributed by atoms with Crippen LogP contribution in [0.2, 0.25) is 0 Å². The van der Waals surface area contributed by atoms with Crippen LogP contribution in [0.5, 0.6) is 0 Å². The van der Waals surface area contributed by atoms with Gasteiger partial charge in [-0.2, -0.15) is 10.1 Å². The van der Waals surface area contributed by atoms with Crippen LogP contribution < -0.4 is 0 Å². The summed E-state index contributed by atoms with van der Waals surface area (Å²) in [5.74, 6) is 0.00635. The molecule has 2 heterocycles. The first kappa shape index (κ1) is 11.8. The van der Waals surface area contributed by atoms with E-state index in [9.17, 15) is 14.9 Å². The molecule has 0 saturated carbocycles. The van der Waals surface area contributed by atoms with Crippen molar-refractivity contribution < 1.29 is 18.9 Å². The highest BCUT2D eigenvalue weighted by Gasteiger charge is 2.20. The van der Waals surface area contributed by atoms with E-state index in [1.54, 1.807) is 0 Å². The summed E-state index contributed by atoms with van der Waals surface area (Å²) in [6, 6.07) is 2.72. The van der Waals surface area contributed by atoms with Gasteiger partial charge in [0, 0.05) is 6.21 Å². The van der Waals surface area contributed by atoms with Gasteiger partial charge in [0.1, 0.15) is 17.3 Å². The molecule has 0 unspecified atom stereocenters. The van der Waals surface area contributed by atoms with E-state index in [-0.39, 0.29) is 5.88 Å². The zero-order valence-electron chi connectivity index (χ0n) is 9.18. The molecule has 0 N–H and O–H groups in total. The van der Waals surface area contributed by atoms with Crippen LogP contribution in [0.4, 0.5) is 10.7 Å². The number of nitrogens with zero attached hydrogens (tertiary/aromatic N) is 3. The van der Waals surface area contributed by atoms with Gasteiger partial charge in [0.25, 0.3) is 0 Å². The summed E-state index contributed by atoms with van der Waals surface area (Å²) < 4.78 is 9.55. The lowest BCUT2D eigenvalue weighted by molar-refractivity contribution is -0.402. The summed E-state index contributed by atoms with van der Waals surface area (Å²) in [6.45, 7) is 0.736. The Bertz CT molecular complexity index is 519. The lowest BCUT2D eigenvalue weighted by atomic mass is 10.4. The molecule has 1 aliphatic heterocycles. The summed E-state index contributed by atoms with van der Waals surface area (Å²) in [5, 5.41) is 15.4. The van der Waals surface area contributed by atoms with Crippen LogP contribution in [-0.4, -0.2) is 35.4 Å². The second-order valence-electron chi connectivity index (χ2n) is 3.29. The van der Waals surface area contributed by atoms with Crippen molar-refractivity contribution in [3.63, 3.8) is 0 Å². The van der Waals surface area contributed by atoms with E-state index in [1.165, 1.54) is 35.5 Å². The largest absolute Gasteiger partial charge is 0.446 e. The van der Waals surface area contributed by atoms with Gasteiger partial charge in [-0.25, -0.2) is 4.79 Å². The number of furan rings is 1. The molecule has 0 bridgehead atoms. The molecule has 1 aliphatic rings. The second-order valence-corrected chi connectivity index (χ2v) is 3.29. The quantitative estimate of drug-likeness (QED) is 0.460. The molecule has 18 heavy (non-hydrogen) atoms. The Morgan fingerprint density at radius 3 is 2.94 bits per heavy atom. The van der Waals surface area contributed by atoms with Crippen LogP contribution in [0.3, 0.4) is 0 Å². The SMILES string of the molecule is O=C1OCCN1/N=C/C=Cc1ccc([N+](=O)[O-])o1. The fourth-order valence-electron chi connectivity index (χ4n) is 1.28. The summed E-state index contributed by atoms with van der Waals surface area (Å²) in [7, 11) is 0. The highest BCUT2D eigenvalue weighted by atomic mass is 16.6. The Balaban J connectivity index is 1.92. The molecular weight excluding hydrogens is 242 g/mol. The number of carbonyl (C=O) groups is 1. The minimum Gasteiger partial charge on any atom is -0.446 e. The molecule has 8 nitrogen and oxygen atoms in total. The van der Waals surface area contributed by atoms with Gasteiger partial charge in [0.05, 0.1) is 12.6 Å². The molecule has 1 saturated heterocycles. The zero-order chi connectivity index (χ0) is 13.0. The van der Waals surface area contributed by atoms with E-state index in [1.807, 2.05) is 0 Å². The maximum Gasteiger partial charge on any atom is 0.433 e. The van der Waals surface area contributed by atoms with Crippen molar-refractivity contribution in [2.75, 3.05) is 13.2 Å². The zero-order valence-corrected chi connectivity index (χ0v) is 9.18. The predicted octanol–water partition coefficient (Wildman–Crippen LogP) is 1.64. The Hall–Kier alpha value is -2.64. The van der Waals surface area contributed by atoms with E-state index in [0.717, 1.165) is 0 Å². The molecule has 1 fully saturated rings. The Morgan fingerprint density at radius 2 is 2.33 bits per heavy atom. The summed E-state index contributed by atoms with van der Waals surface area (Å²) in [4.78, 5) is 20.7. The smallest absolute Gasteiger partial charge is 0.433 e. The van der Waals surface area contributed by atoms with Crippen molar-refractivity contribution in [3.8, 4) is 0 Å². The van der Waals surface area contributed by atoms with Crippen molar-refractivity contribution in [2.24, 2.45) is 5.10 Å². The predicted molar refractivity (Wildman–Crippen MR) is 60.9 cm³/mol. The second kappa shape index (κ2) is 5.13. The molecule has 1 aromatic rings. The number of nitro groups is 1. The van der Waals surface area contributed by atoms with Gasteiger partial charge in [0.15, 0.2) is 0 Å². The van der Waals surface area contributed by atoms with Crippen molar-refractivity contribution in [2.45, 2.75) is 0 Å². The summed E-state index contributed by atoms with van der Waals surface area (Å²) >= 11 is 0. The third-order valence-corrected chi connectivity index (χ3v) is 2.08. The van der Waals surface area contributed by atoms with E-state index < -0.39 is 11.0 Å². The molecule has 94 valence electrons. The number of cyclic esters (lactones) is 1. The highest BCUT2D eigenvalue weighted by Crippen LogP contribution is 2.16. The molecule has 1 aromatic heterocycles. The molecule has 0 aromatic carbocycles. The highest BCUT2D eigenvalue weighted by molar-refractivity contribution is 5.79. The molecule has 0 radical (unpaired) electrons. The number of amides is 1. The van der Waals surface area contributed by atoms with E-state index >= 15 is 0 Å². The van der Waals surface area contributed by atoms with Crippen molar-refractivity contribution in [1.29, 1.82) is 0 Å². The van der Waals surface area contributed by atoms with Gasteiger partial charge >= 0.3 is 12.0 Å². The molecule has 0 spiro atoms. The Morgan fingerprint density at radius 1 is 1.50 bits per heavy atom. The third kappa shape index (κ3) is 2.73. The normalized spacial score (nSPS) is 15.8. The topological polar surface area (TPSA) is 98.2 Å². The Labute approximate surface area is 101 Å². The van der Waals surface area contributed by atoms with Crippen LogP contribution in [-0.2, 0) is 4.74 Å². The van der Waals surface area contributed by atoms with Crippen molar-refractivity contribution in [1.82, 2.24) is 5.01 Å². The number of rotatable bonds is 4. The van der Waals surface area contributed by atoms with Gasteiger partial charge in [-0.3, -0.25) is 10.1 Å². The first-order valence-corrected chi connectivity index (χ1v) is 5.06. The number of hydrogen-bond acceptors (Lipinski definition) is 6. The standard InChI is InChI=1S/C10H9N3O5/c14-10-12(6-7-17-10)11-5-1-2-8-3-4-9(18-8)13(15)16/h1-5H,6-7H2/b2-1?,11-5+. The van der Waals surface area contributed by atoms with Crippen LogP contribution in [0.15, 0.2) is 27.7 Å². The van der Waals surface area contributed by atoms with Gasteiger partial charge < -0.3 is 9.15 Å². The summed E-state index contributed by atoms with van der Waals surface area (Å²) in [6.07, 6.45) is 3.89. The first-order valence-electron chi connectivity index (χ1n) is 5.06. The molecule has 1 amide bonds. The first-order chi connectivity index (χ1) is 8.66. The average molecular weight is 251 g/mol. The fourth-order valence-corrected chi connectivity index (χ4v) is 1.28. The van der Waals surface area contributed by atoms with Crippen LogP contribution in [0, 0.1) is 10.1 Å². The minimum atomic E-state index is -0.619. The number of hydrazone groups is 1. The number of ether oxygens (including phenoxy) is 1. The lowest BCUT2D eigenvalue weighted by Gasteiger charge is -2.01. The van der Waals surface area contributed by atoms with E-state index in [4.69, 9.17) is 4.42 Å². The van der Waals surface area contributed by atoms with Crippen LogP contribution in [0.25, 0.3) is 6.08 Å². The van der Waals surface area contributed by atoms with Crippen molar-refractivity contribution in [3.05, 3.63) is 34.1 Å². The Kier molecular flexibility index (Phi) is 3.37. The maximum absolute atomic E-state index is 11.0. The molecular formula is C10H9N3O5. The van der Waals surface area contributed by atoms with E-state index in [2.05, 4.69) is 9.84 Å². The fraction of sp³-hybridized carbons (Fsp3) is 0.200. The summed E-state index contributed by atoms with van der Waals surface area (Å²) in [5.41, 5.74) is 0. The third-order valence-electron chi connectivity index (χ3n) is 2.08. The van der Waals surface area contributed by atoms with Gasteiger partial charge in [0.2, 0.25) is 0 Å². The molecule has 0 aliphatic carbocycles. The van der Waals surface area contributed by atoms with Crippen LogP contribution >= 0.6 is 0 Å². The average Bonchev–Trinajstić information content (AvgIpc) is 2.94. The number of allylic oxidation sites excluding steroid dienone is 1. The van der Waals surface area contributed by atoms with Gasteiger partial charge in [-0.05, 0) is 18.2 Å². The van der Waals surface area contributed by atoms with Crippen molar-refractivity contribution >= 4 is 24.3 Å². The number of hydrogen-bond donors (Lipinski definition) is 0. The van der Waals surface area contributed by atoms with Gasteiger partial charge in [-0.15, -0.1) is 0 Å². The molecule has 2 rings (SSSR count).